The van der Waals surface area contributed by atoms with Gasteiger partial charge in [0.25, 0.3) is 0 Å². The second-order valence-electron chi connectivity index (χ2n) is 7.82. The van der Waals surface area contributed by atoms with Crippen LogP contribution < -0.4 is 5.32 Å². The number of carboxylic acid groups (broad SMARTS) is 1. The summed E-state index contributed by atoms with van der Waals surface area (Å²) in [6, 6.07) is -0.206. The average molecular weight is 372 g/mol. The van der Waals surface area contributed by atoms with Crippen molar-refractivity contribution in [2.75, 3.05) is 18.8 Å². The Morgan fingerprint density at radius 1 is 1.04 bits per heavy atom. The summed E-state index contributed by atoms with van der Waals surface area (Å²) < 4.78 is 24.5. The van der Waals surface area contributed by atoms with E-state index in [1.54, 1.807) is 4.90 Å². The molecule has 2 saturated carbocycles. The zero-order chi connectivity index (χ0) is 18.1. The van der Waals surface area contributed by atoms with Crippen molar-refractivity contribution in [1.82, 2.24) is 10.2 Å². The predicted octanol–water partition coefficient (Wildman–Crippen LogP) is 1.77. The molecule has 0 aromatic heterocycles. The van der Waals surface area contributed by atoms with Crippen LogP contribution in [0.3, 0.4) is 0 Å². The number of hydrogen-bond acceptors (Lipinski definition) is 4. The minimum absolute atomic E-state index is 0.0102. The first-order valence-electron chi connectivity index (χ1n) is 9.34. The van der Waals surface area contributed by atoms with E-state index in [2.05, 4.69) is 5.32 Å². The number of carbonyl (C=O) groups is 2. The van der Waals surface area contributed by atoms with Crippen LogP contribution in [0.25, 0.3) is 0 Å². The predicted molar refractivity (Wildman–Crippen MR) is 93.1 cm³/mol. The minimum atomic E-state index is -3.15. The van der Waals surface area contributed by atoms with Crippen molar-refractivity contribution in [1.29, 1.82) is 0 Å². The monoisotopic (exact) mass is 372 g/mol. The maximum Gasteiger partial charge on any atom is 0.317 e. The highest BCUT2D eigenvalue weighted by molar-refractivity contribution is 7.92. The number of sulfone groups is 1. The highest BCUT2D eigenvalue weighted by atomic mass is 32.2. The largest absolute Gasteiger partial charge is 0.481 e. The Bertz CT molecular complexity index is 619. The molecule has 142 valence electrons. The number of nitrogens with zero attached hydrogens (tertiary/aromatic N) is 1. The first kappa shape index (κ1) is 18.5. The summed E-state index contributed by atoms with van der Waals surface area (Å²) in [6.45, 7) is 0.548. The van der Waals surface area contributed by atoms with Crippen LogP contribution in [-0.2, 0) is 14.6 Å². The third-order valence-corrected chi connectivity index (χ3v) is 8.80. The number of aliphatic carboxylic acids is 1. The maximum absolute atomic E-state index is 12.6. The molecular weight excluding hydrogens is 344 g/mol. The van der Waals surface area contributed by atoms with Crippen LogP contribution in [0.2, 0.25) is 0 Å². The van der Waals surface area contributed by atoms with E-state index in [1.807, 2.05) is 0 Å². The maximum atomic E-state index is 12.6. The van der Waals surface area contributed by atoms with E-state index < -0.39 is 20.6 Å². The number of amides is 2. The van der Waals surface area contributed by atoms with Crippen LogP contribution in [0.15, 0.2) is 0 Å². The molecular formula is C17H28N2O5S. The molecule has 1 saturated heterocycles. The van der Waals surface area contributed by atoms with Crippen LogP contribution in [0.5, 0.6) is 0 Å². The van der Waals surface area contributed by atoms with Crippen LogP contribution in [0, 0.1) is 5.92 Å². The first-order valence-corrected chi connectivity index (χ1v) is 11.0. The van der Waals surface area contributed by atoms with Crippen LogP contribution >= 0.6 is 0 Å². The lowest BCUT2D eigenvalue weighted by Gasteiger charge is -2.44. The number of rotatable bonds is 2. The van der Waals surface area contributed by atoms with E-state index in [-0.39, 0.29) is 30.3 Å². The molecule has 3 rings (SSSR count). The normalized spacial score (nSPS) is 31.4. The lowest BCUT2D eigenvalue weighted by molar-refractivity contribution is -0.142. The number of carboxylic acids is 1. The molecule has 1 spiro atoms. The third kappa shape index (κ3) is 3.78. The van der Waals surface area contributed by atoms with Gasteiger partial charge in [0.1, 0.15) is 0 Å². The van der Waals surface area contributed by atoms with E-state index in [1.165, 1.54) is 0 Å². The molecule has 0 unspecified atom stereocenters. The lowest BCUT2D eigenvalue weighted by atomic mass is 9.86. The smallest absolute Gasteiger partial charge is 0.317 e. The quantitative estimate of drug-likeness (QED) is 0.769. The fraction of sp³-hybridized carbons (Fsp3) is 0.882. The summed E-state index contributed by atoms with van der Waals surface area (Å²) in [5.41, 5.74) is 0. The van der Waals surface area contributed by atoms with Crippen molar-refractivity contribution in [3.63, 3.8) is 0 Å². The molecule has 2 aliphatic carbocycles. The summed E-state index contributed by atoms with van der Waals surface area (Å²) in [7, 11) is -3.15. The summed E-state index contributed by atoms with van der Waals surface area (Å²) in [4.78, 5) is 25.3. The molecule has 25 heavy (non-hydrogen) atoms. The average Bonchev–Trinajstić information content (AvgIpc) is 2.59. The fourth-order valence-corrected chi connectivity index (χ4v) is 6.72. The summed E-state index contributed by atoms with van der Waals surface area (Å²) in [5.74, 6) is -1.02. The molecule has 2 N–H and O–H groups in total. The van der Waals surface area contributed by atoms with Crippen molar-refractivity contribution in [3.05, 3.63) is 0 Å². The summed E-state index contributed by atoms with van der Waals surface area (Å²) in [5, 5.41) is 12.0. The highest BCUT2D eigenvalue weighted by Crippen LogP contribution is 2.38. The number of nitrogens with one attached hydrogen (secondary N) is 1. The third-order valence-electron chi connectivity index (χ3n) is 6.22. The molecule has 0 atom stereocenters. The SMILES string of the molecule is O=C(O)C1CCC(NC(=O)N2CCS(=O)(=O)C3(CCCCC3)C2)CC1. The number of hydrogen-bond donors (Lipinski definition) is 2. The Balaban J connectivity index is 1.59. The van der Waals surface area contributed by atoms with Crippen LogP contribution in [-0.4, -0.2) is 60.1 Å². The molecule has 0 bridgehead atoms. The molecule has 1 heterocycles. The van der Waals surface area contributed by atoms with Gasteiger partial charge >= 0.3 is 12.0 Å². The van der Waals surface area contributed by atoms with E-state index >= 15 is 0 Å². The van der Waals surface area contributed by atoms with E-state index in [9.17, 15) is 18.0 Å². The minimum Gasteiger partial charge on any atom is -0.481 e. The van der Waals surface area contributed by atoms with Gasteiger partial charge in [0.2, 0.25) is 0 Å². The Kier molecular flexibility index (Phi) is 5.27. The molecule has 7 nitrogen and oxygen atoms in total. The number of carbonyl (C=O) groups excluding carboxylic acids is 1. The second-order valence-corrected chi connectivity index (χ2v) is 10.3. The van der Waals surface area contributed by atoms with Gasteiger partial charge in [0.15, 0.2) is 9.84 Å². The van der Waals surface area contributed by atoms with Crippen LogP contribution in [0.4, 0.5) is 4.79 Å². The fourth-order valence-electron chi connectivity index (χ4n) is 4.56. The molecule has 8 heteroatoms. The Hall–Kier alpha value is -1.31. The van der Waals surface area contributed by atoms with Gasteiger partial charge in [-0.2, -0.15) is 0 Å². The Morgan fingerprint density at radius 2 is 1.68 bits per heavy atom. The Morgan fingerprint density at radius 3 is 2.28 bits per heavy atom. The van der Waals surface area contributed by atoms with Gasteiger partial charge in [-0.25, -0.2) is 13.2 Å². The van der Waals surface area contributed by atoms with Crippen molar-refractivity contribution < 1.29 is 23.1 Å². The van der Waals surface area contributed by atoms with Crippen LogP contribution in [0.1, 0.15) is 57.8 Å². The molecule has 0 aromatic rings. The second kappa shape index (κ2) is 7.13. The summed E-state index contributed by atoms with van der Waals surface area (Å²) in [6.07, 6.45) is 6.70. The van der Waals surface area contributed by atoms with Crippen molar-refractivity contribution >= 4 is 21.8 Å². The van der Waals surface area contributed by atoms with Gasteiger partial charge in [0, 0.05) is 19.1 Å². The first-order chi connectivity index (χ1) is 11.8. The molecule has 1 aliphatic heterocycles. The van der Waals surface area contributed by atoms with Gasteiger partial charge in [0.05, 0.1) is 16.4 Å². The molecule has 2 amide bonds. The topological polar surface area (TPSA) is 104 Å². The van der Waals surface area contributed by atoms with Gasteiger partial charge in [-0.3, -0.25) is 4.79 Å². The molecule has 0 aromatic carbocycles. The van der Waals surface area contributed by atoms with Crippen molar-refractivity contribution in [3.8, 4) is 0 Å². The van der Waals surface area contributed by atoms with Gasteiger partial charge in [-0.1, -0.05) is 19.3 Å². The van der Waals surface area contributed by atoms with E-state index in [0.717, 1.165) is 19.3 Å². The van der Waals surface area contributed by atoms with Gasteiger partial charge in [-0.05, 0) is 38.5 Å². The molecule has 0 radical (unpaired) electrons. The Labute approximate surface area is 149 Å². The van der Waals surface area contributed by atoms with Gasteiger partial charge < -0.3 is 15.3 Å². The summed E-state index contributed by atoms with van der Waals surface area (Å²) >= 11 is 0. The number of urea groups is 1. The molecule has 3 aliphatic rings. The van der Waals surface area contributed by atoms with Gasteiger partial charge in [-0.15, -0.1) is 0 Å². The van der Waals surface area contributed by atoms with E-state index in [4.69, 9.17) is 5.11 Å². The lowest BCUT2D eigenvalue weighted by Crippen LogP contribution is -2.60. The zero-order valence-electron chi connectivity index (χ0n) is 14.6. The zero-order valence-corrected chi connectivity index (χ0v) is 15.4. The highest BCUT2D eigenvalue weighted by Gasteiger charge is 2.49. The molecule has 3 fully saturated rings. The van der Waals surface area contributed by atoms with E-state index in [0.29, 0.717) is 45.1 Å². The van der Waals surface area contributed by atoms with Crippen molar-refractivity contribution in [2.24, 2.45) is 5.92 Å². The van der Waals surface area contributed by atoms with Crippen molar-refractivity contribution in [2.45, 2.75) is 68.6 Å². The standard InChI is InChI=1S/C17H28N2O5S/c20-15(21)13-4-6-14(7-5-13)18-16(22)19-10-11-25(23,24)17(12-19)8-2-1-3-9-17/h13-14H,1-12H2,(H,18,22)(H,20,21).